The van der Waals surface area contributed by atoms with E-state index in [9.17, 15) is 0 Å². The Morgan fingerprint density at radius 2 is 2.11 bits per heavy atom. The molecule has 0 fully saturated rings. The quantitative estimate of drug-likeness (QED) is 0.564. The number of hydrogen-bond donors (Lipinski definition) is 0. The Hall–Kier alpha value is -0.300. The maximum Gasteiger partial charge on any atom is 0.00424 e. The van der Waals surface area contributed by atoms with Crippen molar-refractivity contribution in [3.05, 3.63) is 22.4 Å². The summed E-state index contributed by atoms with van der Waals surface area (Å²) >= 11 is 1.82. The number of hydrogen-bond acceptors (Lipinski definition) is 1. The molecule has 0 unspecified atom stereocenters. The zero-order chi connectivity index (χ0) is 7.11. The molecule has 52 valence electrons. The molecule has 0 nitrogen and oxygen atoms in total. The van der Waals surface area contributed by atoms with Gasteiger partial charge in [-0.05, 0) is 17.9 Å². The van der Waals surface area contributed by atoms with Crippen molar-refractivity contribution in [3.8, 4) is 0 Å². The predicted molar refractivity (Wildman–Crippen MR) is 45.0 cm³/mol. The van der Waals surface area contributed by atoms with Crippen LogP contribution in [0.4, 0.5) is 0 Å². The van der Waals surface area contributed by atoms with Gasteiger partial charge in [0, 0.05) is 4.88 Å². The van der Waals surface area contributed by atoms with E-state index in [1.807, 2.05) is 25.2 Å². The smallest absolute Gasteiger partial charge is 0.00424 e. The summed E-state index contributed by atoms with van der Waals surface area (Å²) in [4.78, 5) is 1.47. The Balaban J connectivity index is 0.000000291. The monoisotopic (exact) mass is 142 g/mol. The number of thiophene rings is 1. The molecule has 1 aromatic rings. The topological polar surface area (TPSA) is 0 Å². The van der Waals surface area contributed by atoms with Crippen LogP contribution in [-0.2, 0) is 6.42 Å². The Morgan fingerprint density at radius 3 is 2.33 bits per heavy atom. The summed E-state index contributed by atoms with van der Waals surface area (Å²) in [7, 11) is 0. The molecule has 1 heteroatoms. The van der Waals surface area contributed by atoms with E-state index in [2.05, 4.69) is 24.4 Å². The molecule has 1 heterocycles. The minimum Gasteiger partial charge on any atom is -0.149 e. The lowest BCUT2D eigenvalue weighted by Crippen LogP contribution is -1.63. The lowest BCUT2D eigenvalue weighted by Gasteiger charge is -1.78. The molecule has 0 radical (unpaired) electrons. The molecule has 0 saturated heterocycles. The molecule has 0 aliphatic carbocycles. The van der Waals surface area contributed by atoms with Crippen molar-refractivity contribution in [2.24, 2.45) is 0 Å². The molecule has 1 aromatic heterocycles. The van der Waals surface area contributed by atoms with Gasteiger partial charge in [0.25, 0.3) is 0 Å². The van der Waals surface area contributed by atoms with E-state index in [4.69, 9.17) is 0 Å². The van der Waals surface area contributed by atoms with E-state index in [-0.39, 0.29) is 0 Å². The third-order valence-corrected chi connectivity index (χ3v) is 1.95. The van der Waals surface area contributed by atoms with Gasteiger partial charge in [-0.25, -0.2) is 0 Å². The van der Waals surface area contributed by atoms with Crippen LogP contribution in [0.1, 0.15) is 25.6 Å². The van der Waals surface area contributed by atoms with E-state index in [1.54, 1.807) is 0 Å². The maximum atomic E-state index is 2.17. The van der Waals surface area contributed by atoms with E-state index < -0.39 is 0 Å². The largest absolute Gasteiger partial charge is 0.149 e. The number of aryl methyl sites for hydroxylation is 1. The normalized spacial score (nSPS) is 7.89. The first-order valence-corrected chi connectivity index (χ1v) is 4.34. The van der Waals surface area contributed by atoms with Gasteiger partial charge in [0.2, 0.25) is 0 Å². The highest BCUT2D eigenvalue weighted by molar-refractivity contribution is 7.09. The highest BCUT2D eigenvalue weighted by Gasteiger charge is 1.82. The molecular formula is C8H14S. The van der Waals surface area contributed by atoms with Crippen LogP contribution in [0.15, 0.2) is 17.5 Å². The lowest BCUT2D eigenvalue weighted by molar-refractivity contribution is 1.19. The van der Waals surface area contributed by atoms with Crippen LogP contribution in [0.5, 0.6) is 0 Å². The first-order chi connectivity index (χ1) is 4.43. The maximum absolute atomic E-state index is 2.17. The molecule has 0 atom stereocenters. The van der Waals surface area contributed by atoms with Crippen LogP contribution in [0.25, 0.3) is 0 Å². The Morgan fingerprint density at radius 1 is 1.44 bits per heavy atom. The average molecular weight is 142 g/mol. The molecule has 0 amide bonds. The first-order valence-electron chi connectivity index (χ1n) is 3.46. The van der Waals surface area contributed by atoms with Crippen LogP contribution in [0, 0.1) is 0 Å². The van der Waals surface area contributed by atoms with Crippen LogP contribution in [-0.4, -0.2) is 0 Å². The highest BCUT2D eigenvalue weighted by Crippen LogP contribution is 2.07. The Kier molecular flexibility index (Phi) is 5.64. The fourth-order valence-electron chi connectivity index (χ4n) is 0.514. The summed E-state index contributed by atoms with van der Waals surface area (Å²) in [5.74, 6) is 0. The summed E-state index contributed by atoms with van der Waals surface area (Å²) in [6, 6.07) is 4.24. The van der Waals surface area contributed by atoms with E-state index >= 15 is 0 Å². The Labute approximate surface area is 61.5 Å². The second-order valence-electron chi connectivity index (χ2n) is 1.43. The highest BCUT2D eigenvalue weighted by atomic mass is 32.1. The molecule has 0 N–H and O–H groups in total. The third kappa shape index (κ3) is 3.31. The summed E-state index contributed by atoms with van der Waals surface area (Å²) < 4.78 is 0. The van der Waals surface area contributed by atoms with Crippen LogP contribution in [0.2, 0.25) is 0 Å². The zero-order valence-corrected chi connectivity index (χ0v) is 7.16. The van der Waals surface area contributed by atoms with Gasteiger partial charge < -0.3 is 0 Å². The van der Waals surface area contributed by atoms with Crippen molar-refractivity contribution < 1.29 is 0 Å². The molecular weight excluding hydrogens is 128 g/mol. The van der Waals surface area contributed by atoms with Crippen LogP contribution >= 0.6 is 11.3 Å². The first kappa shape index (κ1) is 8.70. The van der Waals surface area contributed by atoms with Gasteiger partial charge in [-0.2, -0.15) is 0 Å². The second kappa shape index (κ2) is 5.83. The van der Waals surface area contributed by atoms with Gasteiger partial charge in [-0.1, -0.05) is 26.8 Å². The molecule has 0 saturated carbocycles. The minimum atomic E-state index is 1.18. The van der Waals surface area contributed by atoms with Crippen LogP contribution in [0.3, 0.4) is 0 Å². The molecule has 0 spiro atoms. The summed E-state index contributed by atoms with van der Waals surface area (Å²) in [5.41, 5.74) is 0. The van der Waals surface area contributed by atoms with E-state index in [0.29, 0.717) is 0 Å². The fourth-order valence-corrected chi connectivity index (χ4v) is 1.17. The van der Waals surface area contributed by atoms with Crippen molar-refractivity contribution in [3.63, 3.8) is 0 Å². The molecule has 0 bridgehead atoms. The minimum absolute atomic E-state index is 1.18. The number of rotatable bonds is 1. The van der Waals surface area contributed by atoms with Crippen molar-refractivity contribution >= 4 is 11.3 Å². The van der Waals surface area contributed by atoms with Crippen molar-refractivity contribution in [1.29, 1.82) is 0 Å². The van der Waals surface area contributed by atoms with Gasteiger partial charge in [0.1, 0.15) is 0 Å². The molecule has 0 aliphatic rings. The second-order valence-corrected chi connectivity index (χ2v) is 2.47. The summed E-state index contributed by atoms with van der Waals surface area (Å²) in [6.07, 6.45) is 1.18. The fraction of sp³-hybridized carbons (Fsp3) is 0.500. The third-order valence-electron chi connectivity index (χ3n) is 0.929. The predicted octanol–water partition coefficient (Wildman–Crippen LogP) is 3.34. The molecule has 1 rings (SSSR count). The average Bonchev–Trinajstić information content (AvgIpc) is 2.43. The van der Waals surface area contributed by atoms with Gasteiger partial charge in [0.05, 0.1) is 0 Å². The Bertz CT molecular complexity index is 119. The zero-order valence-electron chi connectivity index (χ0n) is 6.35. The molecule has 0 aromatic carbocycles. The summed E-state index contributed by atoms with van der Waals surface area (Å²) in [6.45, 7) is 6.17. The van der Waals surface area contributed by atoms with Gasteiger partial charge in [0.15, 0.2) is 0 Å². The van der Waals surface area contributed by atoms with Gasteiger partial charge in [-0.15, -0.1) is 11.3 Å². The van der Waals surface area contributed by atoms with E-state index in [0.717, 1.165) is 0 Å². The van der Waals surface area contributed by atoms with E-state index in [1.165, 1.54) is 11.3 Å². The van der Waals surface area contributed by atoms with Crippen LogP contribution < -0.4 is 0 Å². The SMILES string of the molecule is CC.CCc1cccs1. The molecule has 0 aliphatic heterocycles. The van der Waals surface area contributed by atoms with Gasteiger partial charge in [-0.3, -0.25) is 0 Å². The standard InChI is InChI=1S/C6H8S.C2H6/c1-2-6-4-3-5-7-6;1-2/h3-5H,2H2,1H3;1-2H3. The lowest BCUT2D eigenvalue weighted by atomic mass is 10.4. The van der Waals surface area contributed by atoms with Crippen molar-refractivity contribution in [2.45, 2.75) is 27.2 Å². The van der Waals surface area contributed by atoms with Crippen molar-refractivity contribution in [1.82, 2.24) is 0 Å². The molecule has 9 heavy (non-hydrogen) atoms. The summed E-state index contributed by atoms with van der Waals surface area (Å²) in [5, 5.41) is 2.11. The van der Waals surface area contributed by atoms with Gasteiger partial charge >= 0.3 is 0 Å². The van der Waals surface area contributed by atoms with Crippen molar-refractivity contribution in [2.75, 3.05) is 0 Å².